The number of pyridine rings is 1. The molecule has 4 aromatic rings. The van der Waals surface area contributed by atoms with E-state index < -0.39 is 0 Å². The third-order valence-electron chi connectivity index (χ3n) is 5.52. The highest BCUT2D eigenvalue weighted by atomic mass is 16.1. The molecule has 2 aromatic heterocycles. The first-order valence-electron chi connectivity index (χ1n) is 10.6. The summed E-state index contributed by atoms with van der Waals surface area (Å²) in [6, 6.07) is 18.5. The van der Waals surface area contributed by atoms with Crippen LogP contribution in [0.25, 0.3) is 23.0 Å². The number of nitrogens with zero attached hydrogens (tertiary/aromatic N) is 2. The Bertz CT molecular complexity index is 1280. The van der Waals surface area contributed by atoms with Crippen LogP contribution in [0.2, 0.25) is 0 Å². The third kappa shape index (κ3) is 4.29. The lowest BCUT2D eigenvalue weighted by Gasteiger charge is -2.11. The average Bonchev–Trinajstić information content (AvgIpc) is 3.11. The number of anilines is 1. The molecule has 0 aliphatic rings. The maximum atomic E-state index is 12.8. The number of aryl methyl sites for hydroxylation is 4. The normalized spacial score (nSPS) is 11.4. The Kier molecular flexibility index (Phi) is 5.72. The standard InChI is InChI=1S/C27H27N3O/c1-5-21-8-6-7-20(4)26(21)29-25(31)14-13-23-27(22-11-9-18(2)10-12-22)28-24-17-19(3)15-16-30(23)24/h6-17H,5H2,1-4H3,(H,29,31)/b14-13+. The molecule has 0 aliphatic heterocycles. The number of carbonyl (C=O) groups is 1. The summed E-state index contributed by atoms with van der Waals surface area (Å²) >= 11 is 0. The van der Waals surface area contributed by atoms with Crippen molar-refractivity contribution in [1.29, 1.82) is 0 Å². The number of carbonyl (C=O) groups excluding carboxylic acids is 1. The molecule has 4 heteroatoms. The van der Waals surface area contributed by atoms with Gasteiger partial charge in [-0.05, 0) is 62.1 Å². The van der Waals surface area contributed by atoms with Gasteiger partial charge in [-0.1, -0.05) is 55.0 Å². The van der Waals surface area contributed by atoms with E-state index in [1.165, 1.54) is 5.56 Å². The van der Waals surface area contributed by atoms with Crippen LogP contribution in [0.5, 0.6) is 0 Å². The highest BCUT2D eigenvalue weighted by molar-refractivity contribution is 6.03. The van der Waals surface area contributed by atoms with E-state index in [1.807, 2.05) is 41.8 Å². The summed E-state index contributed by atoms with van der Waals surface area (Å²) in [7, 11) is 0. The van der Waals surface area contributed by atoms with Crippen LogP contribution in [0, 0.1) is 20.8 Å². The molecule has 0 aliphatic carbocycles. The zero-order chi connectivity index (χ0) is 22.0. The first-order chi connectivity index (χ1) is 15.0. The summed E-state index contributed by atoms with van der Waals surface area (Å²) in [6.07, 6.45) is 6.31. The monoisotopic (exact) mass is 409 g/mol. The van der Waals surface area contributed by atoms with Crippen LogP contribution in [0.1, 0.15) is 34.9 Å². The molecule has 0 saturated heterocycles. The summed E-state index contributed by atoms with van der Waals surface area (Å²) in [6.45, 7) is 8.23. The van der Waals surface area contributed by atoms with Gasteiger partial charge in [0.05, 0.1) is 11.4 Å². The van der Waals surface area contributed by atoms with Gasteiger partial charge in [-0.25, -0.2) is 4.98 Å². The maximum Gasteiger partial charge on any atom is 0.248 e. The van der Waals surface area contributed by atoms with Crippen LogP contribution in [0.4, 0.5) is 5.69 Å². The lowest BCUT2D eigenvalue weighted by Crippen LogP contribution is -2.11. The van der Waals surface area contributed by atoms with Gasteiger partial charge in [-0.2, -0.15) is 0 Å². The molecular weight excluding hydrogens is 382 g/mol. The largest absolute Gasteiger partial charge is 0.322 e. The molecule has 2 aromatic carbocycles. The minimum absolute atomic E-state index is 0.152. The number of nitrogens with one attached hydrogen (secondary N) is 1. The van der Waals surface area contributed by atoms with Crippen molar-refractivity contribution >= 4 is 23.3 Å². The molecule has 0 radical (unpaired) electrons. The van der Waals surface area contributed by atoms with Crippen molar-refractivity contribution in [2.45, 2.75) is 34.1 Å². The van der Waals surface area contributed by atoms with E-state index in [-0.39, 0.29) is 5.91 Å². The van der Waals surface area contributed by atoms with Crippen molar-refractivity contribution in [1.82, 2.24) is 9.38 Å². The van der Waals surface area contributed by atoms with Crippen molar-refractivity contribution in [2.24, 2.45) is 0 Å². The Morgan fingerprint density at radius 3 is 2.55 bits per heavy atom. The number of para-hydroxylation sites is 1. The molecule has 0 fully saturated rings. The van der Waals surface area contributed by atoms with Gasteiger partial charge in [0.15, 0.2) is 0 Å². The minimum atomic E-state index is -0.152. The number of rotatable bonds is 5. The zero-order valence-corrected chi connectivity index (χ0v) is 18.4. The lowest BCUT2D eigenvalue weighted by atomic mass is 10.1. The smallest absolute Gasteiger partial charge is 0.248 e. The summed E-state index contributed by atoms with van der Waals surface area (Å²) in [4.78, 5) is 17.6. The Morgan fingerprint density at radius 1 is 1.03 bits per heavy atom. The Balaban J connectivity index is 1.72. The van der Waals surface area contributed by atoms with Gasteiger partial charge in [-0.3, -0.25) is 9.20 Å². The summed E-state index contributed by atoms with van der Waals surface area (Å²) in [5.41, 5.74) is 9.07. The topological polar surface area (TPSA) is 46.4 Å². The predicted molar refractivity (Wildman–Crippen MR) is 128 cm³/mol. The molecular formula is C27H27N3O. The van der Waals surface area contributed by atoms with Crippen molar-refractivity contribution in [3.63, 3.8) is 0 Å². The van der Waals surface area contributed by atoms with Gasteiger partial charge in [-0.15, -0.1) is 0 Å². The Labute approximate surface area is 183 Å². The van der Waals surface area contributed by atoms with E-state index in [0.29, 0.717) is 0 Å². The van der Waals surface area contributed by atoms with Crippen molar-refractivity contribution in [3.05, 3.63) is 94.8 Å². The van der Waals surface area contributed by atoms with E-state index in [2.05, 4.69) is 62.5 Å². The molecule has 1 amide bonds. The van der Waals surface area contributed by atoms with E-state index in [1.54, 1.807) is 6.08 Å². The highest BCUT2D eigenvalue weighted by Gasteiger charge is 2.13. The fourth-order valence-electron chi connectivity index (χ4n) is 3.77. The van der Waals surface area contributed by atoms with Crippen LogP contribution in [-0.2, 0) is 11.2 Å². The molecule has 0 saturated carbocycles. The van der Waals surface area contributed by atoms with Crippen molar-refractivity contribution in [3.8, 4) is 11.3 Å². The summed E-state index contributed by atoms with van der Waals surface area (Å²) in [5, 5.41) is 3.06. The second-order valence-electron chi connectivity index (χ2n) is 7.93. The molecule has 4 nitrogen and oxygen atoms in total. The molecule has 156 valence electrons. The van der Waals surface area contributed by atoms with E-state index in [9.17, 15) is 4.79 Å². The number of benzene rings is 2. The number of imidazole rings is 1. The van der Waals surface area contributed by atoms with Crippen LogP contribution < -0.4 is 5.32 Å². The molecule has 31 heavy (non-hydrogen) atoms. The number of amides is 1. The van der Waals surface area contributed by atoms with E-state index in [4.69, 9.17) is 4.98 Å². The third-order valence-corrected chi connectivity index (χ3v) is 5.52. The quantitative estimate of drug-likeness (QED) is 0.402. The average molecular weight is 410 g/mol. The lowest BCUT2D eigenvalue weighted by molar-refractivity contribution is -0.111. The fourth-order valence-corrected chi connectivity index (χ4v) is 3.77. The summed E-state index contributed by atoms with van der Waals surface area (Å²) < 4.78 is 2.03. The highest BCUT2D eigenvalue weighted by Crippen LogP contribution is 2.27. The Morgan fingerprint density at radius 2 is 1.81 bits per heavy atom. The van der Waals surface area contributed by atoms with E-state index in [0.717, 1.165) is 51.4 Å². The number of aromatic nitrogens is 2. The predicted octanol–water partition coefficient (Wildman–Crippen LogP) is 6.14. The maximum absolute atomic E-state index is 12.8. The van der Waals surface area contributed by atoms with Gasteiger partial charge in [0, 0.05) is 23.5 Å². The van der Waals surface area contributed by atoms with Crippen LogP contribution in [-0.4, -0.2) is 15.3 Å². The van der Waals surface area contributed by atoms with Gasteiger partial charge in [0.2, 0.25) is 5.91 Å². The fraction of sp³-hybridized carbons (Fsp3) is 0.185. The second-order valence-corrected chi connectivity index (χ2v) is 7.93. The first kappa shape index (κ1) is 20.6. The second kappa shape index (κ2) is 8.60. The first-order valence-corrected chi connectivity index (χ1v) is 10.6. The minimum Gasteiger partial charge on any atom is -0.322 e. The van der Waals surface area contributed by atoms with Gasteiger partial charge >= 0.3 is 0 Å². The number of hydrogen-bond acceptors (Lipinski definition) is 2. The summed E-state index contributed by atoms with van der Waals surface area (Å²) in [5.74, 6) is -0.152. The molecule has 0 atom stereocenters. The van der Waals surface area contributed by atoms with E-state index >= 15 is 0 Å². The molecule has 0 spiro atoms. The van der Waals surface area contributed by atoms with Gasteiger partial charge in [0.1, 0.15) is 5.65 Å². The van der Waals surface area contributed by atoms with Crippen LogP contribution in [0.15, 0.2) is 66.9 Å². The molecule has 0 unspecified atom stereocenters. The molecule has 4 rings (SSSR count). The molecule has 1 N–H and O–H groups in total. The van der Waals surface area contributed by atoms with Crippen LogP contribution in [0.3, 0.4) is 0 Å². The zero-order valence-electron chi connectivity index (χ0n) is 18.4. The van der Waals surface area contributed by atoms with Crippen LogP contribution >= 0.6 is 0 Å². The van der Waals surface area contributed by atoms with Gasteiger partial charge in [0.25, 0.3) is 0 Å². The molecule has 2 heterocycles. The number of fused-ring (bicyclic) bond motifs is 1. The van der Waals surface area contributed by atoms with Gasteiger partial charge < -0.3 is 5.32 Å². The Hall–Kier alpha value is -3.66. The molecule has 0 bridgehead atoms. The SMILES string of the molecule is CCc1cccc(C)c1NC(=O)/C=C/c1c(-c2ccc(C)cc2)nc2cc(C)ccn12. The number of hydrogen-bond donors (Lipinski definition) is 1. The van der Waals surface area contributed by atoms with Crippen molar-refractivity contribution in [2.75, 3.05) is 5.32 Å². The van der Waals surface area contributed by atoms with Crippen molar-refractivity contribution < 1.29 is 4.79 Å².